The molecule has 0 radical (unpaired) electrons. The Bertz CT molecular complexity index is 374. The van der Waals surface area contributed by atoms with Gasteiger partial charge in [-0.3, -0.25) is 4.79 Å². The molecular weight excluding hydrogens is 220 g/mol. The first-order valence-corrected chi connectivity index (χ1v) is 5.54. The Balaban J connectivity index is 2.73. The number of ether oxygens (including phenoxy) is 2. The van der Waals surface area contributed by atoms with E-state index >= 15 is 0 Å². The summed E-state index contributed by atoms with van der Waals surface area (Å²) >= 11 is 0. The Hall–Kier alpha value is -1.55. The third-order valence-corrected chi connectivity index (χ3v) is 2.55. The van der Waals surface area contributed by atoms with Gasteiger partial charge in [0.2, 0.25) is 0 Å². The second-order valence-electron chi connectivity index (χ2n) is 3.81. The van der Waals surface area contributed by atoms with E-state index in [1.807, 2.05) is 18.2 Å². The van der Waals surface area contributed by atoms with E-state index in [1.165, 1.54) is 0 Å². The number of benzene rings is 1. The minimum absolute atomic E-state index is 0.184. The van der Waals surface area contributed by atoms with Crippen molar-refractivity contribution in [3.63, 3.8) is 0 Å². The molecule has 0 aliphatic carbocycles. The lowest BCUT2D eigenvalue weighted by Crippen LogP contribution is -2.00. The van der Waals surface area contributed by atoms with Gasteiger partial charge in [0, 0.05) is 13.5 Å². The molecule has 1 aromatic carbocycles. The SMILES string of the molecule is COCc1ccc(OC)cc1CCCC(=O)O. The highest BCUT2D eigenvalue weighted by Crippen LogP contribution is 2.20. The summed E-state index contributed by atoms with van der Waals surface area (Å²) in [6.07, 6.45) is 1.53. The normalized spacial score (nSPS) is 10.2. The summed E-state index contributed by atoms with van der Waals surface area (Å²) in [4.78, 5) is 10.5. The third kappa shape index (κ3) is 4.44. The van der Waals surface area contributed by atoms with Crippen LogP contribution in [-0.4, -0.2) is 25.3 Å². The molecule has 0 aliphatic rings. The van der Waals surface area contributed by atoms with E-state index in [-0.39, 0.29) is 6.42 Å². The zero-order chi connectivity index (χ0) is 12.7. The van der Waals surface area contributed by atoms with Gasteiger partial charge in [0.15, 0.2) is 0 Å². The second-order valence-corrected chi connectivity index (χ2v) is 3.81. The molecule has 0 saturated heterocycles. The first kappa shape index (κ1) is 13.5. The van der Waals surface area contributed by atoms with Gasteiger partial charge in [-0.25, -0.2) is 0 Å². The van der Waals surface area contributed by atoms with Crippen LogP contribution < -0.4 is 4.74 Å². The molecule has 4 heteroatoms. The number of methoxy groups -OCH3 is 2. The second kappa shape index (κ2) is 6.91. The highest BCUT2D eigenvalue weighted by atomic mass is 16.5. The number of aryl methyl sites for hydroxylation is 1. The fourth-order valence-corrected chi connectivity index (χ4v) is 1.69. The minimum Gasteiger partial charge on any atom is -0.497 e. The van der Waals surface area contributed by atoms with Gasteiger partial charge >= 0.3 is 5.97 Å². The zero-order valence-corrected chi connectivity index (χ0v) is 10.2. The fourth-order valence-electron chi connectivity index (χ4n) is 1.69. The molecule has 4 nitrogen and oxygen atoms in total. The summed E-state index contributed by atoms with van der Waals surface area (Å²) in [5, 5.41) is 8.62. The molecule has 0 atom stereocenters. The first-order chi connectivity index (χ1) is 8.17. The largest absolute Gasteiger partial charge is 0.497 e. The third-order valence-electron chi connectivity index (χ3n) is 2.55. The van der Waals surface area contributed by atoms with Crippen LogP contribution in [-0.2, 0) is 22.6 Å². The van der Waals surface area contributed by atoms with E-state index < -0.39 is 5.97 Å². The van der Waals surface area contributed by atoms with Gasteiger partial charge < -0.3 is 14.6 Å². The van der Waals surface area contributed by atoms with Crippen molar-refractivity contribution in [2.45, 2.75) is 25.9 Å². The van der Waals surface area contributed by atoms with Crippen molar-refractivity contribution >= 4 is 5.97 Å². The number of hydrogen-bond acceptors (Lipinski definition) is 3. The maximum Gasteiger partial charge on any atom is 0.303 e. The number of aliphatic carboxylic acids is 1. The molecule has 0 unspecified atom stereocenters. The van der Waals surface area contributed by atoms with E-state index in [4.69, 9.17) is 14.6 Å². The van der Waals surface area contributed by atoms with Crippen LogP contribution in [0.4, 0.5) is 0 Å². The summed E-state index contributed by atoms with van der Waals surface area (Å²) in [6.45, 7) is 0.534. The van der Waals surface area contributed by atoms with Crippen molar-refractivity contribution in [2.75, 3.05) is 14.2 Å². The predicted molar refractivity (Wildman–Crippen MR) is 64.3 cm³/mol. The molecule has 0 fully saturated rings. The van der Waals surface area contributed by atoms with E-state index in [1.54, 1.807) is 14.2 Å². The highest BCUT2D eigenvalue weighted by molar-refractivity contribution is 5.66. The molecule has 0 aliphatic heterocycles. The summed E-state index contributed by atoms with van der Waals surface area (Å²) < 4.78 is 10.3. The van der Waals surface area contributed by atoms with Gasteiger partial charge in [-0.2, -0.15) is 0 Å². The quantitative estimate of drug-likeness (QED) is 0.791. The average Bonchev–Trinajstić information content (AvgIpc) is 2.31. The molecule has 0 spiro atoms. The Morgan fingerprint density at radius 3 is 2.65 bits per heavy atom. The summed E-state index contributed by atoms with van der Waals surface area (Å²) in [7, 11) is 3.26. The minimum atomic E-state index is -0.763. The van der Waals surface area contributed by atoms with Crippen LogP contribution >= 0.6 is 0 Å². The summed E-state index contributed by atoms with van der Waals surface area (Å²) in [6, 6.07) is 5.78. The van der Waals surface area contributed by atoms with E-state index in [9.17, 15) is 4.79 Å². The topological polar surface area (TPSA) is 55.8 Å². The number of carboxylic acid groups (broad SMARTS) is 1. The van der Waals surface area contributed by atoms with Gasteiger partial charge in [0.25, 0.3) is 0 Å². The fraction of sp³-hybridized carbons (Fsp3) is 0.462. The Labute approximate surface area is 101 Å². The molecule has 94 valence electrons. The maximum atomic E-state index is 10.5. The highest BCUT2D eigenvalue weighted by Gasteiger charge is 2.06. The van der Waals surface area contributed by atoms with E-state index in [0.29, 0.717) is 13.0 Å². The summed E-state index contributed by atoms with van der Waals surface area (Å²) in [5.74, 6) is 0.0244. The van der Waals surface area contributed by atoms with Crippen LogP contribution in [0.25, 0.3) is 0 Å². The van der Waals surface area contributed by atoms with Crippen LogP contribution in [0.3, 0.4) is 0 Å². The first-order valence-electron chi connectivity index (χ1n) is 5.54. The standard InChI is InChI=1S/C13H18O4/c1-16-9-11-6-7-12(17-2)8-10(11)4-3-5-13(14)15/h6-8H,3-5,9H2,1-2H3,(H,14,15). The number of carboxylic acids is 1. The monoisotopic (exact) mass is 238 g/mol. The van der Waals surface area contributed by atoms with Crippen LogP contribution in [0.1, 0.15) is 24.0 Å². The molecule has 17 heavy (non-hydrogen) atoms. The lowest BCUT2D eigenvalue weighted by atomic mass is 10.0. The van der Waals surface area contributed by atoms with E-state index in [2.05, 4.69) is 0 Å². The van der Waals surface area contributed by atoms with Crippen molar-refractivity contribution in [3.05, 3.63) is 29.3 Å². The van der Waals surface area contributed by atoms with Crippen LogP contribution in [0.2, 0.25) is 0 Å². The van der Waals surface area contributed by atoms with Crippen LogP contribution in [0.5, 0.6) is 5.75 Å². The van der Waals surface area contributed by atoms with Gasteiger partial charge in [-0.05, 0) is 36.1 Å². The van der Waals surface area contributed by atoms with Gasteiger partial charge in [-0.15, -0.1) is 0 Å². The number of hydrogen-bond donors (Lipinski definition) is 1. The lowest BCUT2D eigenvalue weighted by Gasteiger charge is -2.10. The lowest BCUT2D eigenvalue weighted by molar-refractivity contribution is -0.137. The molecule has 1 aromatic rings. The van der Waals surface area contributed by atoms with Gasteiger partial charge in [0.05, 0.1) is 13.7 Å². The van der Waals surface area contributed by atoms with Gasteiger partial charge in [0.1, 0.15) is 5.75 Å². The molecule has 0 aromatic heterocycles. The number of rotatable bonds is 7. The molecule has 1 rings (SSSR count). The molecule has 0 amide bonds. The average molecular weight is 238 g/mol. The van der Waals surface area contributed by atoms with Crippen molar-refractivity contribution < 1.29 is 19.4 Å². The van der Waals surface area contributed by atoms with Gasteiger partial charge in [-0.1, -0.05) is 6.07 Å². The molecule has 0 heterocycles. The molecule has 0 saturated carbocycles. The number of carbonyl (C=O) groups is 1. The molecule has 1 N–H and O–H groups in total. The van der Waals surface area contributed by atoms with Crippen LogP contribution in [0, 0.1) is 0 Å². The Kier molecular flexibility index (Phi) is 5.49. The predicted octanol–water partition coefficient (Wildman–Crippen LogP) is 2.25. The smallest absolute Gasteiger partial charge is 0.303 e. The van der Waals surface area contributed by atoms with Crippen molar-refractivity contribution in [3.8, 4) is 5.75 Å². The Morgan fingerprint density at radius 2 is 2.06 bits per heavy atom. The zero-order valence-electron chi connectivity index (χ0n) is 10.2. The maximum absolute atomic E-state index is 10.5. The van der Waals surface area contributed by atoms with Crippen LogP contribution in [0.15, 0.2) is 18.2 Å². The van der Waals surface area contributed by atoms with Crippen molar-refractivity contribution in [1.82, 2.24) is 0 Å². The summed E-state index contributed by atoms with van der Waals surface area (Å²) in [5.41, 5.74) is 2.17. The Morgan fingerprint density at radius 1 is 1.29 bits per heavy atom. The molecule has 0 bridgehead atoms. The van der Waals surface area contributed by atoms with Crippen molar-refractivity contribution in [1.29, 1.82) is 0 Å². The molecular formula is C13H18O4. The van der Waals surface area contributed by atoms with Crippen molar-refractivity contribution in [2.24, 2.45) is 0 Å². The van der Waals surface area contributed by atoms with E-state index in [0.717, 1.165) is 23.3 Å².